The second-order valence-electron chi connectivity index (χ2n) is 5.37. The summed E-state index contributed by atoms with van der Waals surface area (Å²) in [4.78, 5) is 16.2. The minimum atomic E-state index is 0.105. The van der Waals surface area contributed by atoms with Gasteiger partial charge in [-0.25, -0.2) is 0 Å². The van der Waals surface area contributed by atoms with E-state index in [1.807, 2.05) is 30.3 Å². The molecule has 0 N–H and O–H groups in total. The molecule has 1 saturated heterocycles. The third-order valence-electron chi connectivity index (χ3n) is 3.86. The van der Waals surface area contributed by atoms with Crippen LogP contribution < -0.4 is 4.90 Å². The van der Waals surface area contributed by atoms with Gasteiger partial charge in [-0.1, -0.05) is 0 Å². The molecule has 1 fully saturated rings. The van der Waals surface area contributed by atoms with Crippen LogP contribution in [0.15, 0.2) is 54.6 Å². The molecule has 2 aromatic rings. The van der Waals surface area contributed by atoms with Crippen LogP contribution in [0.1, 0.15) is 18.1 Å². The van der Waals surface area contributed by atoms with Gasteiger partial charge in [-0.05, 0) is 0 Å². The van der Waals surface area contributed by atoms with Gasteiger partial charge in [0, 0.05) is 0 Å². The number of hydrogen-bond acceptors (Lipinski definition) is 2. The fourth-order valence-electron chi connectivity index (χ4n) is 2.61. The van der Waals surface area contributed by atoms with Gasteiger partial charge in [0.25, 0.3) is 0 Å². The van der Waals surface area contributed by atoms with Crippen LogP contribution in [0.4, 0.5) is 5.69 Å². The first-order valence-corrected chi connectivity index (χ1v) is 8.29. The second-order valence-corrected chi connectivity index (χ2v) is 6.14. The molecule has 0 unspecified atom stereocenters. The quantitative estimate of drug-likeness (QED) is 0.785. The van der Waals surface area contributed by atoms with Crippen molar-refractivity contribution in [2.75, 3.05) is 11.4 Å². The number of hydrogen-bond donors (Lipinski definition) is 0. The van der Waals surface area contributed by atoms with E-state index >= 15 is 0 Å². The molecule has 3 nitrogen and oxygen atoms in total. The summed E-state index contributed by atoms with van der Waals surface area (Å²) in [5.74, 6) is 0.105. The first-order chi connectivity index (χ1) is 10.7. The van der Waals surface area contributed by atoms with Crippen molar-refractivity contribution in [3.05, 3.63) is 65.7 Å². The van der Waals surface area contributed by atoms with Crippen LogP contribution in [0.3, 0.4) is 0 Å². The molecule has 0 bridgehead atoms. The van der Waals surface area contributed by atoms with Crippen LogP contribution in [0.25, 0.3) is 0 Å². The summed E-state index contributed by atoms with van der Waals surface area (Å²) in [5.41, 5.74) is 3.40. The van der Waals surface area contributed by atoms with Crippen molar-refractivity contribution < 1.29 is 4.79 Å². The monoisotopic (exact) mass is 358 g/mol. The predicted molar refractivity (Wildman–Crippen MR) is 90.9 cm³/mol. The van der Waals surface area contributed by atoms with Crippen molar-refractivity contribution in [2.24, 2.45) is 0 Å². The Hall–Kier alpha value is -1.90. The van der Waals surface area contributed by atoms with Crippen LogP contribution in [-0.2, 0) is 17.8 Å². The summed E-state index contributed by atoms with van der Waals surface area (Å²) in [6.45, 7) is 3.27. The first-order valence-electron chi connectivity index (χ1n) is 7.43. The number of amides is 1. The Kier molecular flexibility index (Phi) is 4.41. The van der Waals surface area contributed by atoms with E-state index in [4.69, 9.17) is 0 Å². The molecular formula is C18H18N2OSe. The minimum absolute atomic E-state index is 0.105. The van der Waals surface area contributed by atoms with Crippen molar-refractivity contribution >= 4 is 31.8 Å². The fraction of sp³-hybridized carbons (Fsp3) is 0.222. The van der Waals surface area contributed by atoms with Crippen LogP contribution in [-0.4, -0.2) is 37.6 Å². The van der Waals surface area contributed by atoms with Crippen molar-refractivity contribution in [3.63, 3.8) is 0 Å². The zero-order valence-electron chi connectivity index (χ0n) is 12.5. The number of carbonyl (C=O) groups is 1. The normalized spacial score (nSPS) is 14.8. The Bertz CT molecular complexity index is 682. The Morgan fingerprint density at radius 1 is 1.00 bits per heavy atom. The number of nitrogens with zero attached hydrogens (tertiary/aromatic N) is 2. The van der Waals surface area contributed by atoms with E-state index in [1.165, 1.54) is 11.1 Å². The molecule has 3 rings (SSSR count). The zero-order chi connectivity index (χ0) is 15.5. The van der Waals surface area contributed by atoms with Gasteiger partial charge >= 0.3 is 139 Å². The summed E-state index contributed by atoms with van der Waals surface area (Å²) in [6.07, 6.45) is 1.00. The molecule has 4 heteroatoms. The number of rotatable bonds is 4. The molecule has 0 atom stereocenters. The van der Waals surface area contributed by atoms with Crippen LogP contribution in [0.5, 0.6) is 0 Å². The molecule has 112 valence electrons. The predicted octanol–water partition coefficient (Wildman–Crippen LogP) is 2.35. The summed E-state index contributed by atoms with van der Waals surface area (Å²) in [7, 11) is 0. The first kappa shape index (κ1) is 15.0. The number of anilines is 1. The third-order valence-corrected chi connectivity index (χ3v) is 4.78. The van der Waals surface area contributed by atoms with Gasteiger partial charge in [0.15, 0.2) is 0 Å². The van der Waals surface area contributed by atoms with Crippen LogP contribution in [0, 0.1) is 0 Å². The standard InChI is InChI=1S/C18H18N2OSe/c1-2-14-8-10-16(11-9-14)20-17(21)13-19(18(20)22)12-15-6-4-3-5-7-15/h3-11H,2,12-13H2,1H3. The van der Waals surface area contributed by atoms with E-state index in [9.17, 15) is 4.79 Å². The van der Waals surface area contributed by atoms with E-state index in [0.717, 1.165) is 23.3 Å². The maximum absolute atomic E-state index is 12.4. The Morgan fingerprint density at radius 3 is 2.32 bits per heavy atom. The van der Waals surface area contributed by atoms with Gasteiger partial charge in [-0.15, -0.1) is 0 Å². The molecule has 1 aliphatic heterocycles. The number of aryl methyl sites for hydroxylation is 1. The Balaban J connectivity index is 1.79. The van der Waals surface area contributed by atoms with E-state index in [-0.39, 0.29) is 5.91 Å². The summed E-state index contributed by atoms with van der Waals surface area (Å²) in [5, 5.41) is 0. The number of carbonyl (C=O) groups excluding carboxylic acids is 1. The Morgan fingerprint density at radius 2 is 1.68 bits per heavy atom. The summed E-state index contributed by atoms with van der Waals surface area (Å²) < 4.78 is 0.873. The van der Waals surface area contributed by atoms with Gasteiger partial charge in [0.2, 0.25) is 0 Å². The van der Waals surface area contributed by atoms with Crippen LogP contribution >= 0.6 is 0 Å². The maximum atomic E-state index is 12.4. The molecule has 22 heavy (non-hydrogen) atoms. The van der Waals surface area contributed by atoms with Crippen LogP contribution in [0.2, 0.25) is 0 Å². The van der Waals surface area contributed by atoms with E-state index in [2.05, 4.69) is 51.7 Å². The molecule has 0 radical (unpaired) electrons. The van der Waals surface area contributed by atoms with Gasteiger partial charge in [0.05, 0.1) is 0 Å². The van der Waals surface area contributed by atoms with Crippen molar-refractivity contribution in [3.8, 4) is 0 Å². The van der Waals surface area contributed by atoms with E-state index < -0.39 is 0 Å². The molecular weight excluding hydrogens is 339 g/mol. The molecule has 1 heterocycles. The van der Waals surface area contributed by atoms with E-state index in [1.54, 1.807) is 4.90 Å². The topological polar surface area (TPSA) is 23.6 Å². The average molecular weight is 357 g/mol. The molecule has 0 aliphatic carbocycles. The van der Waals surface area contributed by atoms with Gasteiger partial charge in [0.1, 0.15) is 0 Å². The molecule has 0 aromatic heterocycles. The fourth-order valence-corrected chi connectivity index (χ4v) is 3.32. The third kappa shape index (κ3) is 2.99. The average Bonchev–Trinajstić information content (AvgIpc) is 2.82. The van der Waals surface area contributed by atoms with Crippen molar-refractivity contribution in [2.45, 2.75) is 19.9 Å². The van der Waals surface area contributed by atoms with E-state index in [0.29, 0.717) is 6.54 Å². The molecule has 2 aromatic carbocycles. The molecule has 1 aliphatic rings. The summed E-state index contributed by atoms with van der Waals surface area (Å²) >= 11 is 3.06. The molecule has 0 spiro atoms. The Labute approximate surface area is 138 Å². The van der Waals surface area contributed by atoms with Crippen molar-refractivity contribution in [1.82, 2.24) is 4.90 Å². The van der Waals surface area contributed by atoms with Gasteiger partial charge in [-0.2, -0.15) is 0 Å². The number of benzene rings is 2. The zero-order valence-corrected chi connectivity index (χ0v) is 14.2. The molecule has 1 amide bonds. The van der Waals surface area contributed by atoms with Crippen molar-refractivity contribution in [1.29, 1.82) is 0 Å². The second kappa shape index (κ2) is 6.47. The summed E-state index contributed by atoms with van der Waals surface area (Å²) in [6, 6.07) is 18.4. The molecule has 0 saturated carbocycles. The van der Waals surface area contributed by atoms with Gasteiger partial charge in [-0.3, -0.25) is 0 Å². The van der Waals surface area contributed by atoms with Gasteiger partial charge < -0.3 is 0 Å². The SMILES string of the molecule is CCc1ccc(N2C(=O)CN(Cc3ccccc3)C2=[Se])cc1.